The van der Waals surface area contributed by atoms with E-state index in [0.29, 0.717) is 0 Å². The Morgan fingerprint density at radius 2 is 0.765 bits per heavy atom. The predicted octanol–water partition coefficient (Wildman–Crippen LogP) is -0.326. The molecular weight excluding hydrogens is 297 g/mol. The van der Waals surface area contributed by atoms with E-state index >= 15 is 0 Å². The van der Waals surface area contributed by atoms with Gasteiger partial charge in [-0.25, -0.2) is 0 Å². The fraction of sp³-hybridized carbons (Fsp3) is 0.500. The van der Waals surface area contributed by atoms with Crippen LogP contribution >= 0.6 is 0 Å². The van der Waals surface area contributed by atoms with E-state index < -0.39 is 38.5 Å². The van der Waals surface area contributed by atoms with Gasteiger partial charge in [0.25, 0.3) is 0 Å². The summed E-state index contributed by atoms with van der Waals surface area (Å²) >= 11 is -5.02. The van der Waals surface area contributed by atoms with E-state index in [9.17, 15) is 19.2 Å². The van der Waals surface area contributed by atoms with Crippen molar-refractivity contribution in [2.45, 2.75) is 27.7 Å². The Hall–Kier alpha value is -1.58. The van der Waals surface area contributed by atoms with Crippen molar-refractivity contribution in [3.8, 4) is 0 Å². The van der Waals surface area contributed by atoms with Gasteiger partial charge in [0.05, 0.1) is 0 Å². The fourth-order valence-electron chi connectivity index (χ4n) is 0.829. The van der Waals surface area contributed by atoms with Gasteiger partial charge in [0, 0.05) is 0 Å². The van der Waals surface area contributed by atoms with Crippen molar-refractivity contribution in [1.29, 1.82) is 0 Å². The summed E-state index contributed by atoms with van der Waals surface area (Å²) in [4.78, 5) is 43.4. The molecule has 0 saturated carbocycles. The Balaban J connectivity index is 5.16. The summed E-state index contributed by atoms with van der Waals surface area (Å²) < 4.78 is 18.4. The fourth-order valence-corrected chi connectivity index (χ4v) is 4.31. The number of rotatable bonds is 4. The van der Waals surface area contributed by atoms with Crippen LogP contribution in [-0.2, 0) is 34.2 Å². The van der Waals surface area contributed by atoms with Gasteiger partial charge in [-0.2, -0.15) is 0 Å². The van der Waals surface area contributed by atoms with Gasteiger partial charge >= 0.3 is 100 Å². The van der Waals surface area contributed by atoms with Crippen LogP contribution in [0.4, 0.5) is 0 Å². The zero-order valence-electron chi connectivity index (χ0n) is 9.77. The van der Waals surface area contributed by atoms with E-state index in [4.69, 9.17) is 0 Å². The van der Waals surface area contributed by atoms with Crippen molar-refractivity contribution in [3.05, 3.63) is 0 Å². The van der Waals surface area contributed by atoms with Crippen LogP contribution in [0.25, 0.3) is 0 Å². The van der Waals surface area contributed by atoms with Crippen molar-refractivity contribution in [2.75, 3.05) is 0 Å². The Bertz CT molecular complexity index is 280. The Morgan fingerprint density at radius 1 is 0.588 bits per heavy atom. The molecule has 9 heteroatoms. The van der Waals surface area contributed by atoms with Crippen LogP contribution in [0.15, 0.2) is 0 Å². The zero-order chi connectivity index (χ0) is 13.6. The van der Waals surface area contributed by atoms with Gasteiger partial charge in [0.15, 0.2) is 0 Å². The third-order valence-corrected chi connectivity index (χ3v) is 5.59. The second-order valence-electron chi connectivity index (χ2n) is 2.87. The van der Waals surface area contributed by atoms with Crippen molar-refractivity contribution in [2.24, 2.45) is 0 Å². The van der Waals surface area contributed by atoms with Crippen molar-refractivity contribution in [3.63, 3.8) is 0 Å². The van der Waals surface area contributed by atoms with Gasteiger partial charge in [-0.05, 0) is 0 Å². The maximum atomic E-state index is 10.9. The first kappa shape index (κ1) is 15.4. The van der Waals surface area contributed by atoms with Crippen LogP contribution in [0.1, 0.15) is 27.7 Å². The molecule has 0 aromatic heterocycles. The molecule has 0 aliphatic carbocycles. The van der Waals surface area contributed by atoms with Crippen LogP contribution in [0.5, 0.6) is 0 Å². The molecule has 0 rings (SSSR count). The Labute approximate surface area is 101 Å². The van der Waals surface area contributed by atoms with Crippen molar-refractivity contribution in [1.82, 2.24) is 0 Å². The summed E-state index contributed by atoms with van der Waals surface area (Å²) in [7, 11) is 0. The summed E-state index contributed by atoms with van der Waals surface area (Å²) in [6.07, 6.45) is 0. The molecule has 0 amide bonds. The van der Waals surface area contributed by atoms with E-state index in [2.05, 4.69) is 15.1 Å². The van der Waals surface area contributed by atoms with Crippen molar-refractivity contribution < 1.29 is 34.2 Å². The van der Waals surface area contributed by atoms with Crippen LogP contribution in [-0.4, -0.2) is 38.5 Å². The molecule has 0 aliphatic heterocycles. The van der Waals surface area contributed by atoms with Gasteiger partial charge in [0.2, 0.25) is 0 Å². The van der Waals surface area contributed by atoms with E-state index in [0.717, 1.165) is 27.7 Å². The van der Waals surface area contributed by atoms with Crippen LogP contribution < -0.4 is 0 Å². The van der Waals surface area contributed by atoms with Crippen LogP contribution in [0, 0.1) is 0 Å². The number of carbonyl (C=O) groups excluding carboxylic acids is 4. The number of carbonyl (C=O) groups is 4. The van der Waals surface area contributed by atoms with E-state index in [-0.39, 0.29) is 0 Å². The van der Waals surface area contributed by atoms with Gasteiger partial charge in [-0.3, -0.25) is 0 Å². The second kappa shape index (κ2) is 6.23. The third kappa shape index (κ3) is 6.56. The molecule has 0 bridgehead atoms. The molecule has 0 heterocycles. The molecule has 0 fully saturated rings. The molecule has 0 atom stereocenters. The molecule has 8 nitrogen and oxygen atoms in total. The van der Waals surface area contributed by atoms with Gasteiger partial charge in [-0.15, -0.1) is 0 Å². The SMILES string of the molecule is CC(=O)[O][Ge]([O]C(C)=O)([O]C(C)=O)[O]C(C)=O. The molecule has 0 saturated heterocycles. The quantitative estimate of drug-likeness (QED) is 0.650. The van der Waals surface area contributed by atoms with Crippen LogP contribution in [0.2, 0.25) is 0 Å². The normalized spacial score (nSPS) is 10.1. The minimum atomic E-state index is -5.02. The van der Waals surface area contributed by atoms with Gasteiger partial charge in [0.1, 0.15) is 0 Å². The number of hydrogen-bond donors (Lipinski definition) is 0. The second-order valence-corrected chi connectivity index (χ2v) is 6.69. The van der Waals surface area contributed by atoms with E-state index in [1.54, 1.807) is 0 Å². The molecule has 0 N–H and O–H groups in total. The molecule has 0 spiro atoms. The average Bonchev–Trinajstić information content (AvgIpc) is 1.95. The van der Waals surface area contributed by atoms with E-state index in [1.165, 1.54) is 0 Å². The summed E-state index contributed by atoms with van der Waals surface area (Å²) in [5.74, 6) is -3.58. The third-order valence-electron chi connectivity index (χ3n) is 1.07. The van der Waals surface area contributed by atoms with Crippen LogP contribution in [0.3, 0.4) is 0 Å². The first-order valence-corrected chi connectivity index (χ1v) is 7.88. The van der Waals surface area contributed by atoms with E-state index in [1.807, 2.05) is 0 Å². The monoisotopic (exact) mass is 310 g/mol. The summed E-state index contributed by atoms with van der Waals surface area (Å²) in [5, 5.41) is 0. The molecule has 0 radical (unpaired) electrons. The maximum absolute atomic E-state index is 10.9. The molecule has 0 aromatic rings. The molecular formula is C8H12GeO8. The van der Waals surface area contributed by atoms with Gasteiger partial charge < -0.3 is 0 Å². The molecule has 96 valence electrons. The first-order valence-electron chi connectivity index (χ1n) is 4.45. The standard InChI is InChI=1S/C8H12GeO8/c1-5(10)14-9(15-6(2)11,16-7(3)12)17-8(4)13/h1-4H3. The first-order chi connectivity index (χ1) is 7.67. The summed E-state index contributed by atoms with van der Waals surface area (Å²) in [5.41, 5.74) is 0. The zero-order valence-corrected chi connectivity index (χ0v) is 11.9. The molecule has 0 aromatic carbocycles. The Morgan fingerprint density at radius 3 is 0.882 bits per heavy atom. The summed E-state index contributed by atoms with van der Waals surface area (Å²) in [6, 6.07) is 0. The topological polar surface area (TPSA) is 105 Å². The number of hydrogen-bond acceptors (Lipinski definition) is 8. The predicted molar refractivity (Wildman–Crippen MR) is 52.8 cm³/mol. The Kier molecular flexibility index (Phi) is 5.65. The summed E-state index contributed by atoms with van der Waals surface area (Å²) in [6.45, 7) is 3.99. The molecule has 17 heavy (non-hydrogen) atoms. The molecule has 0 unspecified atom stereocenters. The van der Waals surface area contributed by atoms with Crippen molar-refractivity contribution >= 4 is 38.5 Å². The molecule has 0 aliphatic rings. The average molecular weight is 309 g/mol. The van der Waals surface area contributed by atoms with Gasteiger partial charge in [-0.1, -0.05) is 0 Å². The minimum absolute atomic E-state index is 0.895.